The van der Waals surface area contributed by atoms with Crippen LogP contribution in [0.3, 0.4) is 0 Å². The van der Waals surface area contributed by atoms with Crippen LogP contribution in [0.15, 0.2) is 48.5 Å². The van der Waals surface area contributed by atoms with Crippen LogP contribution in [0, 0.1) is 0 Å². The monoisotopic (exact) mass is 352 g/mol. The van der Waals surface area contributed by atoms with Crippen molar-refractivity contribution in [2.75, 3.05) is 25.1 Å². The number of hydrogen-bond donors (Lipinski definition) is 1. The lowest BCUT2D eigenvalue weighted by Gasteiger charge is -2.28. The summed E-state index contributed by atoms with van der Waals surface area (Å²) in [5, 5.41) is 3.14. The van der Waals surface area contributed by atoms with E-state index in [0.717, 1.165) is 30.8 Å². The average molecular weight is 352 g/mol. The smallest absolute Gasteiger partial charge is 0.251 e. The van der Waals surface area contributed by atoms with Gasteiger partial charge < -0.3 is 15.0 Å². The van der Waals surface area contributed by atoms with Crippen LogP contribution in [0.25, 0.3) is 0 Å². The number of rotatable bonds is 6. The molecule has 3 rings (SSSR count). The van der Waals surface area contributed by atoms with Gasteiger partial charge in [0.15, 0.2) is 0 Å². The third-order valence-corrected chi connectivity index (χ3v) is 5.08. The minimum atomic E-state index is -0.0298. The van der Waals surface area contributed by atoms with E-state index in [1.165, 1.54) is 24.9 Å². The highest BCUT2D eigenvalue weighted by Crippen LogP contribution is 2.22. The predicted octanol–water partition coefficient (Wildman–Crippen LogP) is 4.57. The zero-order chi connectivity index (χ0) is 18.4. The average Bonchev–Trinajstić information content (AvgIpc) is 2.72. The molecule has 1 aliphatic rings. The maximum absolute atomic E-state index is 12.6. The van der Waals surface area contributed by atoms with E-state index in [-0.39, 0.29) is 11.9 Å². The zero-order valence-electron chi connectivity index (χ0n) is 15.7. The number of piperidine rings is 1. The highest BCUT2D eigenvalue weighted by molar-refractivity contribution is 5.94. The summed E-state index contributed by atoms with van der Waals surface area (Å²) < 4.78 is 5.20. The summed E-state index contributed by atoms with van der Waals surface area (Å²) in [7, 11) is 1.65. The molecule has 2 aromatic carbocycles. The van der Waals surface area contributed by atoms with E-state index in [1.54, 1.807) is 7.11 Å². The Labute approximate surface area is 156 Å². The van der Waals surface area contributed by atoms with Crippen molar-refractivity contribution in [1.82, 2.24) is 5.32 Å². The van der Waals surface area contributed by atoms with Gasteiger partial charge in [-0.15, -0.1) is 0 Å². The van der Waals surface area contributed by atoms with Crippen molar-refractivity contribution in [3.8, 4) is 5.75 Å². The first-order valence-electron chi connectivity index (χ1n) is 9.51. The van der Waals surface area contributed by atoms with Crippen LogP contribution < -0.4 is 15.0 Å². The summed E-state index contributed by atoms with van der Waals surface area (Å²) in [6.45, 7) is 4.30. The topological polar surface area (TPSA) is 41.6 Å². The van der Waals surface area contributed by atoms with Crippen molar-refractivity contribution in [1.29, 1.82) is 0 Å². The lowest BCUT2D eigenvalue weighted by molar-refractivity contribution is 0.0935. The van der Waals surface area contributed by atoms with Gasteiger partial charge in [0.2, 0.25) is 0 Å². The van der Waals surface area contributed by atoms with Gasteiger partial charge in [-0.3, -0.25) is 4.79 Å². The fourth-order valence-corrected chi connectivity index (χ4v) is 3.47. The van der Waals surface area contributed by atoms with Crippen molar-refractivity contribution in [3.05, 3.63) is 59.7 Å². The minimum absolute atomic E-state index is 0.00447. The lowest BCUT2D eigenvalue weighted by Crippen LogP contribution is -2.30. The number of carbonyl (C=O) groups is 1. The second-order valence-corrected chi connectivity index (χ2v) is 6.80. The molecule has 4 nitrogen and oxygen atoms in total. The summed E-state index contributed by atoms with van der Waals surface area (Å²) in [5.41, 5.74) is 3.01. The van der Waals surface area contributed by atoms with Crippen LogP contribution in [0.4, 0.5) is 5.69 Å². The van der Waals surface area contributed by atoms with Gasteiger partial charge >= 0.3 is 0 Å². The van der Waals surface area contributed by atoms with Gasteiger partial charge in [-0.2, -0.15) is 0 Å². The Bertz CT molecular complexity index is 704. The van der Waals surface area contributed by atoms with E-state index >= 15 is 0 Å². The van der Waals surface area contributed by atoms with Crippen LogP contribution in [-0.4, -0.2) is 26.1 Å². The summed E-state index contributed by atoms with van der Waals surface area (Å²) in [4.78, 5) is 15.0. The zero-order valence-corrected chi connectivity index (χ0v) is 15.7. The number of hydrogen-bond acceptors (Lipinski definition) is 3. The van der Waals surface area contributed by atoms with Crippen molar-refractivity contribution in [2.24, 2.45) is 0 Å². The van der Waals surface area contributed by atoms with Crippen LogP contribution >= 0.6 is 0 Å². The van der Waals surface area contributed by atoms with Crippen molar-refractivity contribution >= 4 is 11.6 Å². The fourth-order valence-electron chi connectivity index (χ4n) is 3.47. The Morgan fingerprint density at radius 3 is 2.27 bits per heavy atom. The first-order valence-corrected chi connectivity index (χ1v) is 9.51. The van der Waals surface area contributed by atoms with Crippen LogP contribution in [0.2, 0.25) is 0 Å². The van der Waals surface area contributed by atoms with Gasteiger partial charge in [0.05, 0.1) is 13.2 Å². The van der Waals surface area contributed by atoms with Gasteiger partial charge in [-0.25, -0.2) is 0 Å². The second-order valence-electron chi connectivity index (χ2n) is 6.80. The number of ether oxygens (including phenoxy) is 1. The Balaban J connectivity index is 1.65. The summed E-state index contributed by atoms with van der Waals surface area (Å²) in [5.74, 6) is 0.793. The van der Waals surface area contributed by atoms with Gasteiger partial charge in [-0.1, -0.05) is 19.1 Å². The molecule has 4 heteroatoms. The predicted molar refractivity (Wildman–Crippen MR) is 106 cm³/mol. The van der Waals surface area contributed by atoms with Crippen LogP contribution in [-0.2, 0) is 0 Å². The van der Waals surface area contributed by atoms with E-state index < -0.39 is 0 Å². The Hall–Kier alpha value is -2.49. The number of benzene rings is 2. The van der Waals surface area contributed by atoms with E-state index in [0.29, 0.717) is 5.56 Å². The first-order chi connectivity index (χ1) is 12.7. The van der Waals surface area contributed by atoms with Gasteiger partial charge in [0.1, 0.15) is 5.75 Å². The van der Waals surface area contributed by atoms with Crippen molar-refractivity contribution in [2.45, 2.75) is 38.6 Å². The summed E-state index contributed by atoms with van der Waals surface area (Å²) in [6, 6.07) is 15.9. The third-order valence-electron chi connectivity index (χ3n) is 5.08. The highest BCUT2D eigenvalue weighted by Gasteiger charge is 2.15. The van der Waals surface area contributed by atoms with Crippen molar-refractivity contribution < 1.29 is 9.53 Å². The van der Waals surface area contributed by atoms with E-state index in [4.69, 9.17) is 4.74 Å². The molecular weight excluding hydrogens is 324 g/mol. The third kappa shape index (κ3) is 4.37. The van der Waals surface area contributed by atoms with E-state index in [1.807, 2.05) is 36.4 Å². The molecule has 0 aromatic heterocycles. The minimum Gasteiger partial charge on any atom is -0.497 e. The number of nitrogens with one attached hydrogen (secondary N) is 1. The largest absolute Gasteiger partial charge is 0.497 e. The molecule has 1 amide bonds. The maximum Gasteiger partial charge on any atom is 0.251 e. The molecule has 138 valence electrons. The standard InChI is InChI=1S/C22H28N2O2/c1-3-21(17-9-13-20(26-2)14-10-17)23-22(25)18-7-11-19(12-8-18)24-15-5-4-6-16-24/h7-14,21H,3-6,15-16H2,1-2H3,(H,23,25)/t21-/m1/s1. The number of anilines is 1. The molecule has 1 fully saturated rings. The summed E-state index contributed by atoms with van der Waals surface area (Å²) in [6.07, 6.45) is 4.66. The first kappa shape index (κ1) is 18.3. The van der Waals surface area contributed by atoms with E-state index in [9.17, 15) is 4.79 Å². The molecule has 0 spiro atoms. The number of nitrogens with zero attached hydrogens (tertiary/aromatic N) is 1. The van der Waals surface area contributed by atoms with Gasteiger partial charge in [0, 0.05) is 24.3 Å². The van der Waals surface area contributed by atoms with E-state index in [2.05, 4.69) is 29.3 Å². The molecular formula is C22H28N2O2. The Morgan fingerprint density at radius 2 is 1.69 bits per heavy atom. The number of amides is 1. The molecule has 0 unspecified atom stereocenters. The second kappa shape index (κ2) is 8.75. The fraction of sp³-hybridized carbons (Fsp3) is 0.409. The highest BCUT2D eigenvalue weighted by atomic mass is 16.5. The molecule has 0 radical (unpaired) electrons. The molecule has 0 saturated carbocycles. The molecule has 0 aliphatic carbocycles. The van der Waals surface area contributed by atoms with Gasteiger partial charge in [-0.05, 0) is 67.6 Å². The number of methoxy groups -OCH3 is 1. The molecule has 26 heavy (non-hydrogen) atoms. The van der Waals surface area contributed by atoms with Gasteiger partial charge in [0.25, 0.3) is 5.91 Å². The molecule has 2 aromatic rings. The molecule has 1 atom stereocenters. The van der Waals surface area contributed by atoms with Crippen LogP contribution in [0.1, 0.15) is 54.6 Å². The molecule has 0 bridgehead atoms. The Morgan fingerprint density at radius 1 is 1.04 bits per heavy atom. The lowest BCUT2D eigenvalue weighted by atomic mass is 10.0. The summed E-state index contributed by atoms with van der Waals surface area (Å²) >= 11 is 0. The Kier molecular flexibility index (Phi) is 6.16. The SMILES string of the molecule is CC[C@@H](NC(=O)c1ccc(N2CCCCC2)cc1)c1ccc(OC)cc1. The normalized spacial score (nSPS) is 15.4. The molecule has 1 N–H and O–H groups in total. The van der Waals surface area contributed by atoms with Crippen LogP contribution in [0.5, 0.6) is 5.75 Å². The molecule has 1 aliphatic heterocycles. The molecule has 1 saturated heterocycles. The maximum atomic E-state index is 12.6. The quantitative estimate of drug-likeness (QED) is 0.828. The van der Waals surface area contributed by atoms with Crippen molar-refractivity contribution in [3.63, 3.8) is 0 Å². The molecule has 1 heterocycles. The number of carbonyl (C=O) groups excluding carboxylic acids is 1.